The maximum atomic E-state index is 5.51. The summed E-state index contributed by atoms with van der Waals surface area (Å²) in [6, 6.07) is 21.6. The van der Waals surface area contributed by atoms with Crippen LogP contribution in [0.5, 0.6) is 0 Å². The van der Waals surface area contributed by atoms with Crippen molar-refractivity contribution in [1.29, 1.82) is 0 Å². The van der Waals surface area contributed by atoms with E-state index in [2.05, 4.69) is 65.6 Å². The number of rotatable bonds is 3. The number of thioether (sulfide) groups is 1. The minimum absolute atomic E-state index is 0.402. The average molecular weight is 285 g/mol. The second-order valence-electron chi connectivity index (χ2n) is 4.62. The van der Waals surface area contributed by atoms with Gasteiger partial charge in [-0.2, -0.15) is 0 Å². The molecule has 96 valence electrons. The third-order valence-electron chi connectivity index (χ3n) is 3.36. The Morgan fingerprint density at radius 1 is 1.00 bits per heavy atom. The van der Waals surface area contributed by atoms with E-state index in [0.717, 1.165) is 16.6 Å². The zero-order valence-electron chi connectivity index (χ0n) is 10.5. The highest BCUT2D eigenvalue weighted by atomic mass is 32.2. The van der Waals surface area contributed by atoms with Crippen molar-refractivity contribution in [3.63, 3.8) is 0 Å². The summed E-state index contributed by atoms with van der Waals surface area (Å²) < 4.78 is 1.01. The van der Waals surface area contributed by atoms with Crippen LogP contribution in [-0.4, -0.2) is 15.0 Å². The molecule has 3 rings (SSSR count). The fourth-order valence-electron chi connectivity index (χ4n) is 2.36. The minimum atomic E-state index is 0.402. The summed E-state index contributed by atoms with van der Waals surface area (Å²) in [7, 11) is 0. The number of thiocarbonyl (C=S) groups is 1. The lowest BCUT2D eigenvalue weighted by Gasteiger charge is -2.26. The first-order valence-electron chi connectivity index (χ1n) is 6.37. The first-order chi connectivity index (χ1) is 9.34. The molecule has 1 aliphatic rings. The predicted molar refractivity (Wildman–Crippen MR) is 86.2 cm³/mol. The van der Waals surface area contributed by atoms with Gasteiger partial charge in [0.25, 0.3) is 0 Å². The van der Waals surface area contributed by atoms with Gasteiger partial charge < -0.3 is 4.90 Å². The van der Waals surface area contributed by atoms with Crippen LogP contribution in [0.3, 0.4) is 0 Å². The molecule has 0 unspecified atom stereocenters. The molecule has 1 aliphatic heterocycles. The highest BCUT2D eigenvalue weighted by Crippen LogP contribution is 2.36. The van der Waals surface area contributed by atoms with Crippen molar-refractivity contribution in [2.75, 3.05) is 5.75 Å². The lowest BCUT2D eigenvalue weighted by Crippen LogP contribution is -2.26. The van der Waals surface area contributed by atoms with E-state index in [1.54, 1.807) is 11.8 Å². The van der Waals surface area contributed by atoms with Gasteiger partial charge in [0.15, 0.2) is 0 Å². The van der Waals surface area contributed by atoms with Crippen LogP contribution in [-0.2, 0) is 6.54 Å². The fraction of sp³-hybridized carbons (Fsp3) is 0.188. The molecular formula is C16H15NS2. The van der Waals surface area contributed by atoms with Gasteiger partial charge in [0.05, 0.1) is 6.04 Å². The Hall–Kier alpha value is -1.32. The first-order valence-corrected chi connectivity index (χ1v) is 7.76. The molecule has 0 aromatic heterocycles. The van der Waals surface area contributed by atoms with E-state index in [9.17, 15) is 0 Å². The number of benzene rings is 2. The van der Waals surface area contributed by atoms with Crippen molar-refractivity contribution in [2.24, 2.45) is 0 Å². The largest absolute Gasteiger partial charge is 0.345 e. The Balaban J connectivity index is 1.83. The van der Waals surface area contributed by atoms with Crippen molar-refractivity contribution in [1.82, 2.24) is 4.90 Å². The minimum Gasteiger partial charge on any atom is -0.345 e. The van der Waals surface area contributed by atoms with Gasteiger partial charge in [-0.15, -0.1) is 0 Å². The van der Waals surface area contributed by atoms with E-state index >= 15 is 0 Å². The summed E-state index contributed by atoms with van der Waals surface area (Å²) in [5, 5.41) is 0. The zero-order valence-corrected chi connectivity index (χ0v) is 12.2. The summed E-state index contributed by atoms with van der Waals surface area (Å²) in [6.45, 7) is 0.895. The smallest absolute Gasteiger partial charge is 0.137 e. The fourth-order valence-corrected chi connectivity index (χ4v) is 3.78. The molecular weight excluding hydrogens is 270 g/mol. The SMILES string of the molecule is S=C1SC[C@@H](c2ccccc2)N1Cc1ccccc1. The van der Waals surface area contributed by atoms with Crippen LogP contribution in [0.25, 0.3) is 0 Å². The Bertz CT molecular complexity index is 553. The normalized spacial score (nSPS) is 18.8. The van der Waals surface area contributed by atoms with E-state index in [0.29, 0.717) is 6.04 Å². The van der Waals surface area contributed by atoms with E-state index in [1.165, 1.54) is 11.1 Å². The van der Waals surface area contributed by atoms with Gasteiger partial charge in [-0.05, 0) is 11.1 Å². The molecule has 19 heavy (non-hydrogen) atoms. The first kappa shape index (κ1) is 12.7. The molecule has 2 aromatic rings. The second-order valence-corrected chi connectivity index (χ2v) is 6.27. The Morgan fingerprint density at radius 2 is 1.63 bits per heavy atom. The van der Waals surface area contributed by atoms with Crippen LogP contribution in [0.4, 0.5) is 0 Å². The molecule has 0 spiro atoms. The zero-order chi connectivity index (χ0) is 13.1. The molecule has 0 radical (unpaired) electrons. The molecule has 0 saturated carbocycles. The van der Waals surface area contributed by atoms with Crippen LogP contribution in [0, 0.1) is 0 Å². The van der Waals surface area contributed by atoms with Crippen molar-refractivity contribution in [2.45, 2.75) is 12.6 Å². The molecule has 2 aromatic carbocycles. The van der Waals surface area contributed by atoms with Gasteiger partial charge in [-0.3, -0.25) is 0 Å². The number of nitrogens with zero attached hydrogens (tertiary/aromatic N) is 1. The maximum absolute atomic E-state index is 5.51. The van der Waals surface area contributed by atoms with Gasteiger partial charge in [0, 0.05) is 12.3 Å². The molecule has 1 atom stereocenters. The van der Waals surface area contributed by atoms with Crippen LogP contribution >= 0.6 is 24.0 Å². The molecule has 0 amide bonds. The van der Waals surface area contributed by atoms with Gasteiger partial charge in [0.1, 0.15) is 4.32 Å². The molecule has 1 nitrogen and oxygen atoms in total. The van der Waals surface area contributed by atoms with Crippen molar-refractivity contribution >= 4 is 28.3 Å². The van der Waals surface area contributed by atoms with E-state index in [4.69, 9.17) is 12.2 Å². The number of hydrogen-bond donors (Lipinski definition) is 0. The summed E-state index contributed by atoms with van der Waals surface area (Å²) in [6.07, 6.45) is 0. The van der Waals surface area contributed by atoms with Gasteiger partial charge in [0.2, 0.25) is 0 Å². The predicted octanol–water partition coefficient (Wildman–Crippen LogP) is 4.26. The summed E-state index contributed by atoms with van der Waals surface area (Å²) in [5.41, 5.74) is 2.67. The van der Waals surface area contributed by atoms with Crippen molar-refractivity contribution in [3.8, 4) is 0 Å². The molecule has 1 heterocycles. The van der Waals surface area contributed by atoms with Crippen molar-refractivity contribution in [3.05, 3.63) is 71.8 Å². The average Bonchev–Trinajstić information content (AvgIpc) is 2.82. The molecule has 0 N–H and O–H groups in total. The number of hydrogen-bond acceptors (Lipinski definition) is 2. The maximum Gasteiger partial charge on any atom is 0.137 e. The standard InChI is InChI=1S/C16H15NS2/c18-16-17(11-13-7-3-1-4-8-13)15(12-19-16)14-9-5-2-6-10-14/h1-10,15H,11-12H2/t15-/m0/s1. The monoisotopic (exact) mass is 285 g/mol. The van der Waals surface area contributed by atoms with Gasteiger partial charge in [-0.25, -0.2) is 0 Å². The quantitative estimate of drug-likeness (QED) is 0.776. The Morgan fingerprint density at radius 3 is 2.32 bits per heavy atom. The van der Waals surface area contributed by atoms with Gasteiger partial charge >= 0.3 is 0 Å². The molecule has 1 saturated heterocycles. The van der Waals surface area contributed by atoms with Crippen molar-refractivity contribution < 1.29 is 0 Å². The third-order valence-corrected chi connectivity index (χ3v) is 4.91. The van der Waals surface area contributed by atoms with Crippen LogP contribution in [0.15, 0.2) is 60.7 Å². The third kappa shape index (κ3) is 2.82. The van der Waals surface area contributed by atoms with E-state index < -0.39 is 0 Å². The summed E-state index contributed by atoms with van der Waals surface area (Å²) in [4.78, 5) is 2.34. The van der Waals surface area contributed by atoms with Crippen LogP contribution in [0.1, 0.15) is 17.2 Å². The molecule has 0 aliphatic carbocycles. The highest BCUT2D eigenvalue weighted by Gasteiger charge is 2.29. The van der Waals surface area contributed by atoms with E-state index in [-0.39, 0.29) is 0 Å². The Labute approximate surface area is 123 Å². The topological polar surface area (TPSA) is 3.24 Å². The highest BCUT2D eigenvalue weighted by molar-refractivity contribution is 8.23. The summed E-state index contributed by atoms with van der Waals surface area (Å²) >= 11 is 7.29. The molecule has 1 fully saturated rings. The molecule has 0 bridgehead atoms. The molecule has 3 heteroatoms. The van der Waals surface area contributed by atoms with Gasteiger partial charge in [-0.1, -0.05) is 84.6 Å². The lowest BCUT2D eigenvalue weighted by molar-refractivity contribution is 0.356. The second kappa shape index (κ2) is 5.76. The summed E-state index contributed by atoms with van der Waals surface area (Å²) in [5.74, 6) is 1.05. The Kier molecular flexibility index (Phi) is 3.85. The van der Waals surface area contributed by atoms with E-state index in [1.807, 2.05) is 0 Å². The van der Waals surface area contributed by atoms with Crippen LogP contribution < -0.4 is 0 Å². The van der Waals surface area contributed by atoms with Crippen LogP contribution in [0.2, 0.25) is 0 Å². The lowest BCUT2D eigenvalue weighted by atomic mass is 10.1.